The number of hydrogen-bond acceptors (Lipinski definition) is 3. The van der Waals surface area contributed by atoms with Crippen LogP contribution in [0.15, 0.2) is 72.8 Å². The molecule has 4 aromatic rings. The first-order chi connectivity index (χ1) is 17.8. The van der Waals surface area contributed by atoms with Gasteiger partial charge in [0.2, 0.25) is 0 Å². The van der Waals surface area contributed by atoms with Gasteiger partial charge in [-0.1, -0.05) is 86.8 Å². The standard InChI is InChI=1S/C33H39NO2/c1-2-3-4-11-23-35-32-18-16-26-12-5-7-14-28(26)30(32)25-31-29-15-8-6-13-27(29)17-19-33(31)36-24-22-34-20-9-10-21-34/h5-8,12-19H,2-4,9-11,20-25H2,1H3. The van der Waals surface area contributed by atoms with Crippen LogP contribution in [0.5, 0.6) is 11.5 Å². The fourth-order valence-electron chi connectivity index (χ4n) is 5.45. The molecule has 4 aromatic carbocycles. The molecule has 0 radical (unpaired) electrons. The fourth-order valence-corrected chi connectivity index (χ4v) is 5.45. The Morgan fingerprint density at radius 2 is 1.22 bits per heavy atom. The molecule has 1 fully saturated rings. The van der Waals surface area contributed by atoms with E-state index in [1.54, 1.807) is 0 Å². The maximum atomic E-state index is 6.47. The van der Waals surface area contributed by atoms with Crippen molar-refractivity contribution < 1.29 is 9.47 Å². The first kappa shape index (κ1) is 24.6. The van der Waals surface area contributed by atoms with Crippen molar-refractivity contribution in [2.24, 2.45) is 0 Å². The van der Waals surface area contributed by atoms with Crippen molar-refractivity contribution in [2.75, 3.05) is 32.8 Å². The van der Waals surface area contributed by atoms with E-state index in [-0.39, 0.29) is 0 Å². The van der Waals surface area contributed by atoms with Crippen molar-refractivity contribution >= 4 is 21.5 Å². The SMILES string of the molecule is CCCCCCOc1ccc2ccccc2c1Cc1c(OCCN2CCCC2)ccc2ccccc12. The minimum Gasteiger partial charge on any atom is -0.493 e. The van der Waals surface area contributed by atoms with Crippen molar-refractivity contribution in [1.29, 1.82) is 0 Å². The fraction of sp³-hybridized carbons (Fsp3) is 0.394. The van der Waals surface area contributed by atoms with Gasteiger partial charge >= 0.3 is 0 Å². The normalized spacial score (nSPS) is 14.0. The van der Waals surface area contributed by atoms with Crippen LogP contribution in [0.3, 0.4) is 0 Å². The predicted molar refractivity (Wildman–Crippen MR) is 152 cm³/mol. The molecule has 188 valence electrons. The van der Waals surface area contributed by atoms with Gasteiger partial charge in [0.1, 0.15) is 18.1 Å². The second kappa shape index (κ2) is 12.3. The van der Waals surface area contributed by atoms with Crippen LogP contribution >= 0.6 is 0 Å². The average molecular weight is 482 g/mol. The van der Waals surface area contributed by atoms with Crippen LogP contribution < -0.4 is 9.47 Å². The first-order valence-corrected chi connectivity index (χ1v) is 13.8. The van der Waals surface area contributed by atoms with Gasteiger partial charge in [-0.25, -0.2) is 0 Å². The Labute approximate surface area is 216 Å². The number of likely N-dealkylation sites (tertiary alicyclic amines) is 1. The molecule has 0 N–H and O–H groups in total. The third-order valence-corrected chi connectivity index (χ3v) is 7.47. The summed E-state index contributed by atoms with van der Waals surface area (Å²) in [6, 6.07) is 26.1. The molecule has 1 aliphatic heterocycles. The lowest BCUT2D eigenvalue weighted by Gasteiger charge is -2.20. The lowest BCUT2D eigenvalue weighted by Crippen LogP contribution is -2.25. The van der Waals surface area contributed by atoms with Crippen molar-refractivity contribution in [3.8, 4) is 11.5 Å². The Kier molecular flexibility index (Phi) is 8.40. The number of benzene rings is 4. The topological polar surface area (TPSA) is 21.7 Å². The van der Waals surface area contributed by atoms with Gasteiger partial charge in [-0.15, -0.1) is 0 Å². The molecule has 0 unspecified atom stereocenters. The summed E-state index contributed by atoms with van der Waals surface area (Å²) < 4.78 is 12.9. The van der Waals surface area contributed by atoms with Crippen LogP contribution in [0, 0.1) is 0 Å². The van der Waals surface area contributed by atoms with E-state index in [0.717, 1.165) is 44.1 Å². The van der Waals surface area contributed by atoms with Gasteiger partial charge in [0.15, 0.2) is 0 Å². The van der Waals surface area contributed by atoms with E-state index in [1.165, 1.54) is 77.9 Å². The Balaban J connectivity index is 1.47. The van der Waals surface area contributed by atoms with Crippen molar-refractivity contribution in [3.05, 3.63) is 83.9 Å². The van der Waals surface area contributed by atoms with Gasteiger partial charge in [0.25, 0.3) is 0 Å². The summed E-state index contributed by atoms with van der Waals surface area (Å²) in [6.07, 6.45) is 8.22. The third kappa shape index (κ3) is 5.84. The Bertz CT molecular complexity index is 1280. The van der Waals surface area contributed by atoms with Gasteiger partial charge < -0.3 is 9.47 Å². The predicted octanol–water partition coefficient (Wildman–Crippen LogP) is 8.02. The van der Waals surface area contributed by atoms with Crippen LogP contribution in [0.4, 0.5) is 0 Å². The van der Waals surface area contributed by atoms with E-state index in [4.69, 9.17) is 9.47 Å². The third-order valence-electron chi connectivity index (χ3n) is 7.47. The summed E-state index contributed by atoms with van der Waals surface area (Å²) in [5.74, 6) is 2.00. The average Bonchev–Trinajstić information content (AvgIpc) is 3.44. The van der Waals surface area contributed by atoms with Gasteiger partial charge in [0, 0.05) is 24.1 Å². The number of nitrogens with zero attached hydrogens (tertiary/aromatic N) is 1. The second-order valence-electron chi connectivity index (χ2n) is 10.0. The van der Waals surface area contributed by atoms with Gasteiger partial charge in [-0.3, -0.25) is 4.90 Å². The molecule has 1 aliphatic rings. The molecule has 1 saturated heterocycles. The number of fused-ring (bicyclic) bond motifs is 2. The van der Waals surface area contributed by atoms with Gasteiger partial charge in [0.05, 0.1) is 6.61 Å². The largest absolute Gasteiger partial charge is 0.493 e. The monoisotopic (exact) mass is 481 g/mol. The lowest BCUT2D eigenvalue weighted by molar-refractivity contribution is 0.237. The summed E-state index contributed by atoms with van der Waals surface area (Å²) >= 11 is 0. The van der Waals surface area contributed by atoms with Crippen LogP contribution in [0.1, 0.15) is 56.6 Å². The maximum Gasteiger partial charge on any atom is 0.123 e. The molecular formula is C33H39NO2. The molecule has 0 spiro atoms. The molecule has 1 heterocycles. The number of unbranched alkanes of at least 4 members (excludes halogenated alkanes) is 3. The van der Waals surface area contributed by atoms with E-state index >= 15 is 0 Å². The Morgan fingerprint density at radius 1 is 0.639 bits per heavy atom. The zero-order valence-corrected chi connectivity index (χ0v) is 21.7. The zero-order chi connectivity index (χ0) is 24.6. The van der Waals surface area contributed by atoms with E-state index in [1.807, 2.05) is 0 Å². The molecule has 0 aliphatic carbocycles. The van der Waals surface area contributed by atoms with Crippen LogP contribution in [0.25, 0.3) is 21.5 Å². The highest BCUT2D eigenvalue weighted by Crippen LogP contribution is 2.36. The summed E-state index contributed by atoms with van der Waals surface area (Å²) in [4.78, 5) is 2.51. The van der Waals surface area contributed by atoms with Crippen LogP contribution in [-0.4, -0.2) is 37.7 Å². The van der Waals surface area contributed by atoms with Crippen LogP contribution in [-0.2, 0) is 6.42 Å². The Hall–Kier alpha value is -3.04. The highest BCUT2D eigenvalue weighted by molar-refractivity contribution is 5.91. The summed E-state index contributed by atoms with van der Waals surface area (Å²) in [5.41, 5.74) is 2.51. The van der Waals surface area contributed by atoms with Crippen molar-refractivity contribution in [1.82, 2.24) is 4.90 Å². The number of ether oxygens (including phenoxy) is 2. The van der Waals surface area contributed by atoms with Crippen molar-refractivity contribution in [3.63, 3.8) is 0 Å². The molecule has 36 heavy (non-hydrogen) atoms. The molecule has 0 bridgehead atoms. The van der Waals surface area contributed by atoms with E-state index in [2.05, 4.69) is 84.6 Å². The summed E-state index contributed by atoms with van der Waals surface area (Å²) in [7, 11) is 0. The molecule has 0 amide bonds. The minimum absolute atomic E-state index is 0.724. The van der Waals surface area contributed by atoms with E-state index in [9.17, 15) is 0 Å². The number of rotatable bonds is 12. The lowest BCUT2D eigenvalue weighted by atomic mass is 9.93. The highest BCUT2D eigenvalue weighted by atomic mass is 16.5. The molecule has 3 heteroatoms. The summed E-state index contributed by atoms with van der Waals surface area (Å²) in [5, 5.41) is 5.03. The molecule has 3 nitrogen and oxygen atoms in total. The zero-order valence-electron chi connectivity index (χ0n) is 21.7. The second-order valence-corrected chi connectivity index (χ2v) is 10.0. The summed E-state index contributed by atoms with van der Waals surface area (Å²) in [6.45, 7) is 7.12. The first-order valence-electron chi connectivity index (χ1n) is 13.8. The van der Waals surface area contributed by atoms with E-state index < -0.39 is 0 Å². The minimum atomic E-state index is 0.724. The van der Waals surface area contributed by atoms with Gasteiger partial charge in [-0.05, 0) is 66.0 Å². The highest BCUT2D eigenvalue weighted by Gasteiger charge is 2.17. The van der Waals surface area contributed by atoms with Crippen molar-refractivity contribution in [2.45, 2.75) is 51.9 Å². The van der Waals surface area contributed by atoms with Crippen LogP contribution in [0.2, 0.25) is 0 Å². The van der Waals surface area contributed by atoms with E-state index in [0.29, 0.717) is 0 Å². The smallest absolute Gasteiger partial charge is 0.123 e. The maximum absolute atomic E-state index is 6.47. The molecular weight excluding hydrogens is 442 g/mol. The van der Waals surface area contributed by atoms with Gasteiger partial charge in [-0.2, -0.15) is 0 Å². The molecule has 5 rings (SSSR count). The quantitative estimate of drug-likeness (QED) is 0.191. The molecule has 0 aromatic heterocycles. The molecule has 0 saturated carbocycles. The molecule has 0 atom stereocenters. The number of hydrogen-bond donors (Lipinski definition) is 0. The Morgan fingerprint density at radius 3 is 1.83 bits per heavy atom.